The number of hydrogen-bond acceptors (Lipinski definition) is 5. The molecule has 5 nitrogen and oxygen atoms in total. The van der Waals surface area contributed by atoms with Gasteiger partial charge in [0.1, 0.15) is 12.6 Å². The summed E-state index contributed by atoms with van der Waals surface area (Å²) in [5, 5.41) is 22.0. The monoisotopic (exact) mass is 316 g/mol. The van der Waals surface area contributed by atoms with E-state index in [4.69, 9.17) is 9.84 Å². The average molecular weight is 316 g/mol. The molecule has 1 aromatic rings. The van der Waals surface area contributed by atoms with E-state index in [1.807, 2.05) is 0 Å². The summed E-state index contributed by atoms with van der Waals surface area (Å²) in [4.78, 5) is 1.65. The van der Waals surface area contributed by atoms with E-state index in [0.717, 1.165) is 0 Å². The van der Waals surface area contributed by atoms with E-state index in [1.54, 1.807) is 11.8 Å². The maximum absolute atomic E-state index is 14.3. The Kier molecular flexibility index (Phi) is 5.55. The van der Waals surface area contributed by atoms with Crippen molar-refractivity contribution in [2.75, 3.05) is 39.4 Å². The average Bonchev–Trinajstić information content (AvgIpc) is 2.52. The molecule has 1 heterocycles. The van der Waals surface area contributed by atoms with Crippen LogP contribution in [0.15, 0.2) is 18.2 Å². The second kappa shape index (κ2) is 7.21. The Balaban J connectivity index is 2.37. The van der Waals surface area contributed by atoms with Gasteiger partial charge < -0.3 is 20.3 Å². The van der Waals surface area contributed by atoms with E-state index < -0.39 is 18.6 Å². The van der Waals surface area contributed by atoms with Crippen molar-refractivity contribution in [2.24, 2.45) is 0 Å². The highest BCUT2D eigenvalue weighted by Crippen LogP contribution is 2.39. The maximum atomic E-state index is 14.3. The van der Waals surface area contributed by atoms with E-state index in [0.29, 0.717) is 38.3 Å². The molecule has 7 heteroatoms. The normalized spacial score (nSPS) is 18.2. The number of nitrogens with one attached hydrogen (secondary N) is 1. The fraction of sp³-hybridized carbons (Fsp3) is 0.600. The van der Waals surface area contributed by atoms with E-state index in [-0.39, 0.29) is 11.5 Å². The lowest BCUT2D eigenvalue weighted by molar-refractivity contribution is -0.118. The highest BCUT2D eigenvalue weighted by atomic mass is 19.3. The number of aliphatic hydroxyl groups is 1. The van der Waals surface area contributed by atoms with Crippen LogP contribution in [0, 0.1) is 0 Å². The third-order valence-corrected chi connectivity index (χ3v) is 3.73. The number of benzene rings is 1. The predicted octanol–water partition coefficient (Wildman–Crippen LogP) is 1.36. The molecule has 0 unspecified atom stereocenters. The zero-order chi connectivity index (χ0) is 16.2. The quantitative estimate of drug-likeness (QED) is 0.740. The molecule has 1 aliphatic rings. The van der Waals surface area contributed by atoms with Crippen molar-refractivity contribution in [2.45, 2.75) is 18.9 Å². The fourth-order valence-electron chi connectivity index (χ4n) is 2.72. The van der Waals surface area contributed by atoms with Crippen molar-refractivity contribution >= 4 is 0 Å². The van der Waals surface area contributed by atoms with Crippen molar-refractivity contribution in [3.05, 3.63) is 23.8 Å². The second-order valence-corrected chi connectivity index (χ2v) is 5.27. The lowest BCUT2D eigenvalue weighted by Crippen LogP contribution is -2.51. The summed E-state index contributed by atoms with van der Waals surface area (Å²) < 4.78 is 33.9. The van der Waals surface area contributed by atoms with Crippen LogP contribution in [0.3, 0.4) is 0 Å². The molecule has 1 saturated heterocycles. The number of aliphatic hydroxyl groups excluding tert-OH is 1. The van der Waals surface area contributed by atoms with Crippen LogP contribution in [0.4, 0.5) is 8.78 Å². The summed E-state index contributed by atoms with van der Waals surface area (Å²) in [6.07, 6.45) is 0. The number of ether oxygens (including phenoxy) is 1. The van der Waals surface area contributed by atoms with Crippen molar-refractivity contribution in [3.63, 3.8) is 0 Å². The zero-order valence-corrected chi connectivity index (χ0v) is 12.6. The highest BCUT2D eigenvalue weighted by molar-refractivity contribution is 5.43. The molecule has 124 valence electrons. The van der Waals surface area contributed by atoms with Crippen LogP contribution >= 0.6 is 0 Å². The number of phenols is 1. The minimum Gasteiger partial charge on any atom is -0.504 e. The summed E-state index contributed by atoms with van der Waals surface area (Å²) in [6.45, 7) is 3.01. The first kappa shape index (κ1) is 16.9. The van der Waals surface area contributed by atoms with Gasteiger partial charge in [-0.15, -0.1) is 0 Å². The number of halogens is 2. The van der Waals surface area contributed by atoms with Crippen LogP contribution < -0.4 is 10.1 Å². The van der Waals surface area contributed by atoms with Gasteiger partial charge in [-0.2, -0.15) is 0 Å². The molecule has 0 aliphatic carbocycles. The van der Waals surface area contributed by atoms with E-state index in [2.05, 4.69) is 5.32 Å². The van der Waals surface area contributed by atoms with Gasteiger partial charge in [0.05, 0.1) is 6.61 Å². The van der Waals surface area contributed by atoms with Crippen LogP contribution in [0.1, 0.15) is 18.5 Å². The first-order valence-corrected chi connectivity index (χ1v) is 7.38. The molecular formula is C15H22F2N2O3. The van der Waals surface area contributed by atoms with Gasteiger partial charge in [-0.1, -0.05) is 6.07 Å². The number of phenolic OH excluding ortho intramolecular Hbond substituents is 1. The van der Waals surface area contributed by atoms with Crippen LogP contribution in [-0.4, -0.2) is 60.4 Å². The largest absolute Gasteiger partial charge is 0.504 e. The molecule has 1 atom stereocenters. The minimum atomic E-state index is -3.28. The van der Waals surface area contributed by atoms with Gasteiger partial charge in [0, 0.05) is 26.2 Å². The molecule has 0 spiro atoms. The summed E-state index contributed by atoms with van der Waals surface area (Å²) in [6, 6.07) is 2.98. The van der Waals surface area contributed by atoms with Gasteiger partial charge >= 0.3 is 0 Å². The summed E-state index contributed by atoms with van der Waals surface area (Å²) in [5.41, 5.74) is 0.321. The van der Waals surface area contributed by atoms with Crippen molar-refractivity contribution in [3.8, 4) is 11.5 Å². The Bertz CT molecular complexity index is 494. The smallest absolute Gasteiger partial charge is 0.289 e. The second-order valence-electron chi connectivity index (χ2n) is 5.27. The number of hydrogen-bond donors (Lipinski definition) is 3. The Hall–Kier alpha value is -1.44. The molecule has 1 fully saturated rings. The van der Waals surface area contributed by atoms with Crippen molar-refractivity contribution < 1.29 is 23.7 Å². The molecular weight excluding hydrogens is 294 g/mol. The molecule has 0 saturated carbocycles. The lowest BCUT2D eigenvalue weighted by Gasteiger charge is -2.38. The van der Waals surface area contributed by atoms with E-state index >= 15 is 0 Å². The predicted molar refractivity (Wildman–Crippen MR) is 78.5 cm³/mol. The molecule has 1 aromatic carbocycles. The SMILES string of the molecule is CCOc1cc([C@H](N2CCNCC2)C(F)(F)CO)ccc1O. The first-order valence-electron chi connectivity index (χ1n) is 7.38. The number of aromatic hydroxyl groups is 1. The van der Waals surface area contributed by atoms with Crippen LogP contribution in [0.5, 0.6) is 11.5 Å². The molecule has 1 aliphatic heterocycles. The lowest BCUT2D eigenvalue weighted by atomic mass is 9.97. The van der Waals surface area contributed by atoms with Crippen molar-refractivity contribution in [1.29, 1.82) is 0 Å². The number of alkyl halides is 2. The molecule has 0 radical (unpaired) electrons. The van der Waals surface area contributed by atoms with Gasteiger partial charge in [-0.25, -0.2) is 8.78 Å². The van der Waals surface area contributed by atoms with Gasteiger partial charge in [-0.05, 0) is 24.6 Å². The minimum absolute atomic E-state index is 0.0861. The maximum Gasteiger partial charge on any atom is 0.289 e. The molecule has 22 heavy (non-hydrogen) atoms. The van der Waals surface area contributed by atoms with Crippen LogP contribution in [0.25, 0.3) is 0 Å². The number of nitrogens with zero attached hydrogens (tertiary/aromatic N) is 1. The van der Waals surface area contributed by atoms with Gasteiger partial charge in [0.15, 0.2) is 11.5 Å². The molecule has 2 rings (SSSR count). The van der Waals surface area contributed by atoms with Crippen LogP contribution in [0.2, 0.25) is 0 Å². The van der Waals surface area contributed by atoms with Gasteiger partial charge in [-0.3, -0.25) is 4.90 Å². The summed E-state index contributed by atoms with van der Waals surface area (Å²) in [5.74, 6) is -3.19. The topological polar surface area (TPSA) is 65.0 Å². The summed E-state index contributed by atoms with van der Waals surface area (Å²) >= 11 is 0. The summed E-state index contributed by atoms with van der Waals surface area (Å²) in [7, 11) is 0. The molecule has 0 aromatic heterocycles. The molecule has 0 bridgehead atoms. The van der Waals surface area contributed by atoms with Gasteiger partial charge in [0.2, 0.25) is 0 Å². The third-order valence-electron chi connectivity index (χ3n) is 3.73. The molecule has 0 amide bonds. The molecule has 3 N–H and O–H groups in total. The Morgan fingerprint density at radius 2 is 2.05 bits per heavy atom. The number of rotatable bonds is 6. The number of piperazine rings is 1. The fourth-order valence-corrected chi connectivity index (χ4v) is 2.72. The Morgan fingerprint density at radius 3 is 2.64 bits per heavy atom. The highest BCUT2D eigenvalue weighted by Gasteiger charge is 2.44. The van der Waals surface area contributed by atoms with Crippen LogP contribution in [-0.2, 0) is 0 Å². The zero-order valence-electron chi connectivity index (χ0n) is 12.6. The van der Waals surface area contributed by atoms with E-state index in [1.165, 1.54) is 18.2 Å². The Morgan fingerprint density at radius 1 is 1.36 bits per heavy atom. The first-order chi connectivity index (χ1) is 10.5. The Labute approximate surface area is 128 Å². The third kappa shape index (κ3) is 3.66. The van der Waals surface area contributed by atoms with Gasteiger partial charge in [0.25, 0.3) is 5.92 Å². The standard InChI is InChI=1S/C15H22F2N2O3/c1-2-22-13-9-11(3-4-12(13)21)14(15(16,17)10-20)19-7-5-18-6-8-19/h3-4,9,14,18,20-21H,2,5-8,10H2,1H3/t14-/m0/s1. The van der Waals surface area contributed by atoms with E-state index in [9.17, 15) is 13.9 Å². The van der Waals surface area contributed by atoms with Crippen molar-refractivity contribution in [1.82, 2.24) is 10.2 Å².